The van der Waals surface area contributed by atoms with Gasteiger partial charge in [0.2, 0.25) is 18.4 Å². The number of rotatable bonds is 27. The lowest BCUT2D eigenvalue weighted by Gasteiger charge is -2.48. The van der Waals surface area contributed by atoms with E-state index in [4.69, 9.17) is 48.4 Å². The van der Waals surface area contributed by atoms with Crippen LogP contribution in [0.25, 0.3) is 0 Å². The number of hydrogen-bond donors (Lipinski definition) is 5. The van der Waals surface area contributed by atoms with Crippen molar-refractivity contribution in [3.8, 4) is 28.7 Å². The number of ether oxygens (including phenoxy) is 9. The number of aliphatic hydroxyl groups is 2. The predicted molar refractivity (Wildman–Crippen MR) is 300 cm³/mol. The number of unbranched alkanes of at least 4 members (excludes halogenated alkanes) is 2. The number of primary amides is 1. The Kier molecular flexibility index (Phi) is 20.3. The van der Waals surface area contributed by atoms with Gasteiger partial charge < -0.3 is 69.2 Å². The van der Waals surface area contributed by atoms with Crippen LogP contribution in [0.5, 0.6) is 28.7 Å². The number of nitrogens with two attached hydrogens (primary N) is 1. The molecular weight excluding hydrogens is 1100 g/mol. The number of cyclic esters (lactones) is 1. The molecule has 3 fully saturated rings. The minimum atomic E-state index is -1.30. The molecule has 5 aliphatic heterocycles. The van der Waals surface area contributed by atoms with E-state index in [1.54, 1.807) is 43.3 Å². The molecule has 12 atom stereocenters. The number of amides is 5. The smallest absolute Gasteiger partial charge is 0.312 e. The number of aryl methyl sites for hydroxylation is 1. The number of methoxy groups -OCH3 is 2. The molecule has 23 nitrogen and oxygen atoms in total. The molecule has 6 N–H and O–H groups in total. The number of Topliss-reactive ketones (excluding diaryl/α,β-unsaturated/α-hetero) is 2. The highest BCUT2D eigenvalue weighted by Gasteiger charge is 2.55. The van der Waals surface area contributed by atoms with Crippen molar-refractivity contribution < 1.29 is 91.2 Å². The molecule has 0 bridgehead atoms. The van der Waals surface area contributed by atoms with Gasteiger partial charge in [-0.1, -0.05) is 44.5 Å². The molecule has 23 heteroatoms. The van der Waals surface area contributed by atoms with Gasteiger partial charge in [-0.05, 0) is 109 Å². The van der Waals surface area contributed by atoms with Gasteiger partial charge in [0.25, 0.3) is 11.8 Å². The molecule has 9 rings (SSSR count). The van der Waals surface area contributed by atoms with E-state index in [1.807, 2.05) is 26.0 Å². The second-order valence-corrected chi connectivity index (χ2v) is 22.9. The minimum Gasteiger partial charge on any atom is -0.493 e. The summed E-state index contributed by atoms with van der Waals surface area (Å²) < 4.78 is 53.1. The topological polar surface area (TPSA) is 313 Å². The Morgan fingerprint density at radius 3 is 2.16 bits per heavy atom. The van der Waals surface area contributed by atoms with Crippen molar-refractivity contribution in [2.75, 3.05) is 47.3 Å². The highest BCUT2D eigenvalue weighted by atomic mass is 16.7. The maximum atomic E-state index is 14.0. The lowest BCUT2D eigenvalue weighted by molar-refractivity contribution is -0.321. The van der Waals surface area contributed by atoms with Crippen molar-refractivity contribution in [1.29, 1.82) is 0 Å². The van der Waals surface area contributed by atoms with Crippen LogP contribution in [0.2, 0.25) is 0 Å². The van der Waals surface area contributed by atoms with E-state index in [2.05, 4.69) is 10.6 Å². The predicted octanol–water partition coefficient (Wildman–Crippen LogP) is 4.39. The number of benzene rings is 3. The van der Waals surface area contributed by atoms with Crippen LogP contribution in [0, 0.1) is 23.7 Å². The Hall–Kier alpha value is -7.44. The molecule has 3 saturated heterocycles. The molecule has 6 aliphatic rings. The molecule has 458 valence electrons. The molecule has 0 aromatic heterocycles. The summed E-state index contributed by atoms with van der Waals surface area (Å²) in [5.74, 6) is -4.35. The van der Waals surface area contributed by atoms with Crippen molar-refractivity contribution in [3.63, 3.8) is 0 Å². The van der Waals surface area contributed by atoms with Crippen LogP contribution in [0.15, 0.2) is 60.7 Å². The third-order valence-electron chi connectivity index (χ3n) is 17.0. The first-order chi connectivity index (χ1) is 40.8. The summed E-state index contributed by atoms with van der Waals surface area (Å²) >= 11 is 0. The number of nitrogens with zero attached hydrogens (tertiary/aromatic N) is 1. The van der Waals surface area contributed by atoms with E-state index in [1.165, 1.54) is 26.4 Å². The van der Waals surface area contributed by atoms with E-state index in [9.17, 15) is 48.6 Å². The van der Waals surface area contributed by atoms with Crippen molar-refractivity contribution in [3.05, 3.63) is 88.5 Å². The zero-order valence-electron chi connectivity index (χ0n) is 48.5. The number of nitrogens with one attached hydrogen (secondary N) is 2. The average Bonchev–Trinajstić information content (AvgIpc) is 3.81. The fourth-order valence-corrected chi connectivity index (χ4v) is 12.5. The number of imide groups is 1. The highest BCUT2D eigenvalue weighted by Crippen LogP contribution is 2.58. The molecule has 0 saturated carbocycles. The van der Waals surface area contributed by atoms with Gasteiger partial charge in [-0.25, -0.2) is 4.79 Å². The summed E-state index contributed by atoms with van der Waals surface area (Å²) in [7, 11) is 2.85. The van der Waals surface area contributed by atoms with Gasteiger partial charge in [0.1, 0.15) is 30.2 Å². The summed E-state index contributed by atoms with van der Waals surface area (Å²) in [6.45, 7) is 6.06. The SMILES string of the molecule is COc1cc([C@@H]2c3cc4c(cc3[C@@H](C[C@@H]3O[C@@H]5CO[C@@H](C)O[C@H]5[C@H](O)[C@H]3O)[C@H]3COC(=O)[C@H]23)OCO4)cc(OC)c1OC(=O)CCc1ccc(CC(=O)[C@H](CCCNC(N)=O)NC(=O)[C@@H](CC(=O)CCCCCN2C(=O)C=CC2=O)C(C)C)cc1. The van der Waals surface area contributed by atoms with E-state index >= 15 is 0 Å². The number of carbonyl (C=O) groups is 8. The molecule has 3 aromatic carbocycles. The maximum Gasteiger partial charge on any atom is 0.312 e. The maximum absolute atomic E-state index is 14.0. The van der Waals surface area contributed by atoms with Gasteiger partial charge in [0.15, 0.2) is 35.1 Å². The summed E-state index contributed by atoms with van der Waals surface area (Å²) in [6.07, 6.45) is -0.132. The molecule has 0 radical (unpaired) electrons. The number of hydrogen-bond acceptors (Lipinski definition) is 19. The molecule has 3 aromatic rings. The number of ketones is 2. The Bertz CT molecular complexity index is 2970. The zero-order chi connectivity index (χ0) is 60.6. The van der Waals surface area contributed by atoms with Crippen molar-refractivity contribution in [2.45, 2.75) is 146 Å². The van der Waals surface area contributed by atoms with E-state index < -0.39 is 96.3 Å². The molecule has 1 aliphatic carbocycles. The fraction of sp³-hybridized carbons (Fsp3) is 0.548. The van der Waals surface area contributed by atoms with Gasteiger partial charge in [-0.3, -0.25) is 38.5 Å². The Balaban J connectivity index is 0.832. The number of urea groups is 1. The van der Waals surface area contributed by atoms with Crippen LogP contribution in [-0.2, 0) is 65.4 Å². The molecule has 85 heavy (non-hydrogen) atoms. The van der Waals surface area contributed by atoms with E-state index in [0.717, 1.165) is 21.6 Å². The first-order valence-corrected chi connectivity index (χ1v) is 29.2. The normalized spacial score (nSPS) is 25.3. The molecular formula is C62H76N4O19. The van der Waals surface area contributed by atoms with Crippen LogP contribution in [-0.4, -0.2) is 153 Å². The first kappa shape index (κ1) is 62.1. The van der Waals surface area contributed by atoms with Crippen LogP contribution in [0.3, 0.4) is 0 Å². The quantitative estimate of drug-likeness (QED) is 0.0306. The summed E-state index contributed by atoms with van der Waals surface area (Å²) in [5, 5.41) is 28.1. The highest BCUT2D eigenvalue weighted by molar-refractivity contribution is 6.12. The largest absolute Gasteiger partial charge is 0.493 e. The number of esters is 2. The molecule has 5 amide bonds. The van der Waals surface area contributed by atoms with Crippen LogP contribution in [0.1, 0.15) is 118 Å². The van der Waals surface area contributed by atoms with Crippen molar-refractivity contribution in [1.82, 2.24) is 15.5 Å². The fourth-order valence-electron chi connectivity index (χ4n) is 12.5. The minimum absolute atomic E-state index is 0.00793. The monoisotopic (exact) mass is 1180 g/mol. The third kappa shape index (κ3) is 14.5. The lowest BCUT2D eigenvalue weighted by Crippen LogP contribution is -2.62. The summed E-state index contributed by atoms with van der Waals surface area (Å²) in [4.78, 5) is 105. The van der Waals surface area contributed by atoms with Gasteiger partial charge in [-0.15, -0.1) is 0 Å². The number of carbonyl (C=O) groups excluding carboxylic acids is 8. The van der Waals surface area contributed by atoms with Crippen molar-refractivity contribution >= 4 is 47.3 Å². The Morgan fingerprint density at radius 1 is 0.812 bits per heavy atom. The average molecular weight is 1180 g/mol. The van der Waals surface area contributed by atoms with E-state index in [0.29, 0.717) is 48.3 Å². The van der Waals surface area contributed by atoms with Gasteiger partial charge in [-0.2, -0.15) is 0 Å². The van der Waals surface area contributed by atoms with Crippen LogP contribution >= 0.6 is 0 Å². The second-order valence-electron chi connectivity index (χ2n) is 22.9. The third-order valence-corrected chi connectivity index (χ3v) is 17.0. The summed E-state index contributed by atoms with van der Waals surface area (Å²) in [5.41, 5.74) is 8.83. The van der Waals surface area contributed by atoms with Crippen LogP contribution in [0.4, 0.5) is 4.79 Å². The number of fused-ring (bicyclic) bond motifs is 4. The lowest BCUT2D eigenvalue weighted by atomic mass is 9.61. The van der Waals surface area contributed by atoms with Crippen LogP contribution < -0.4 is 40.1 Å². The van der Waals surface area contributed by atoms with Crippen molar-refractivity contribution in [2.24, 2.45) is 29.4 Å². The summed E-state index contributed by atoms with van der Waals surface area (Å²) in [6, 6.07) is 12.6. The second kappa shape index (κ2) is 27.7. The van der Waals surface area contributed by atoms with E-state index in [-0.39, 0.29) is 125 Å². The Labute approximate surface area is 492 Å². The molecule has 0 spiro atoms. The standard InChI is InChI=1S/C62H76N4O19/c1-32(2)38(25-37(67)10-7-6-8-21-66-51(69)17-18-52(66)70)60(74)65-43(11-9-20-64-62(63)76)44(68)22-35-14-12-34(13-15-35)16-19-53(71)85-58-48(77-4)23-36(24-49(58)78-5)54-41-28-46-45(81-31-82-46)26-39(41)40(42-29-80-61(75)55(42)54)27-47-56(72)57(73)59-50(84-47)30-79-33(3)83-59/h12-15,17-18,23-24,26,28,32-33,38,40,42-43,47,50,54-57,59,72-73H,6-11,16,19-22,25,27,29-31H2,1-5H3,(H,65,74)(H3,63,64,76)/t33-,38+,40-,42-,43+,47+,50-,54-,55+,56+,57-,59-/m1/s1. The number of aliphatic hydroxyl groups excluding tert-OH is 2. The van der Waals surface area contributed by atoms with Gasteiger partial charge in [0, 0.05) is 68.7 Å². The van der Waals surface area contributed by atoms with Gasteiger partial charge >= 0.3 is 18.0 Å². The Morgan fingerprint density at radius 2 is 1.49 bits per heavy atom. The molecule has 5 heterocycles. The molecule has 0 unspecified atom stereocenters. The zero-order valence-corrected chi connectivity index (χ0v) is 48.5. The van der Waals surface area contributed by atoms with Gasteiger partial charge in [0.05, 0.1) is 45.5 Å². The first-order valence-electron chi connectivity index (χ1n) is 29.2.